The highest BCUT2D eigenvalue weighted by Crippen LogP contribution is 2.30. The van der Waals surface area contributed by atoms with Crippen molar-refractivity contribution < 1.29 is 23.6 Å². The monoisotopic (exact) mass is 478 g/mol. The van der Waals surface area contributed by atoms with E-state index in [-0.39, 0.29) is 24.1 Å². The lowest BCUT2D eigenvalue weighted by Crippen LogP contribution is -2.53. The van der Waals surface area contributed by atoms with Gasteiger partial charge < -0.3 is 19.5 Å². The first kappa shape index (κ1) is 22.3. The van der Waals surface area contributed by atoms with Crippen molar-refractivity contribution in [3.05, 3.63) is 60.3 Å². The van der Waals surface area contributed by atoms with E-state index in [2.05, 4.69) is 20.8 Å². The van der Waals surface area contributed by atoms with Gasteiger partial charge in [0.25, 0.3) is 11.8 Å². The topological polar surface area (TPSA) is 147 Å². The summed E-state index contributed by atoms with van der Waals surface area (Å²) in [6.45, 7) is 2.44. The molecule has 4 heterocycles. The lowest BCUT2D eigenvalue weighted by molar-refractivity contribution is -0.139. The van der Waals surface area contributed by atoms with Crippen LogP contribution in [0.25, 0.3) is 5.69 Å². The van der Waals surface area contributed by atoms with Gasteiger partial charge >= 0.3 is 6.03 Å². The van der Waals surface area contributed by atoms with E-state index in [0.717, 1.165) is 4.90 Å². The van der Waals surface area contributed by atoms with Gasteiger partial charge in [0.05, 0.1) is 12.0 Å². The lowest BCUT2D eigenvalue weighted by Gasteiger charge is -2.34. The second-order valence-electron chi connectivity index (χ2n) is 8.40. The molecule has 2 aliphatic rings. The van der Waals surface area contributed by atoms with Crippen molar-refractivity contribution in [1.82, 2.24) is 40.2 Å². The molecule has 0 radical (unpaired) electrons. The number of carbonyl (C=O) groups excluding carboxylic acids is 4. The summed E-state index contributed by atoms with van der Waals surface area (Å²) in [5.41, 5.74) is -0.202. The number of nitrogens with zero attached hydrogens (tertiary/aromatic N) is 7. The zero-order valence-corrected chi connectivity index (χ0v) is 18.8. The van der Waals surface area contributed by atoms with Crippen LogP contribution in [0.2, 0.25) is 0 Å². The Morgan fingerprint density at radius 3 is 2.54 bits per heavy atom. The molecule has 0 bridgehead atoms. The number of urea groups is 1. The molecular weight excluding hydrogens is 456 g/mol. The molecule has 5 rings (SSSR count). The predicted octanol–water partition coefficient (Wildman–Crippen LogP) is 0.00690. The summed E-state index contributed by atoms with van der Waals surface area (Å²) < 4.78 is 6.58. The molecule has 2 aromatic heterocycles. The molecule has 0 aliphatic carbocycles. The number of furan rings is 1. The largest absolute Gasteiger partial charge is 0.459 e. The van der Waals surface area contributed by atoms with Gasteiger partial charge in [-0.15, -0.1) is 5.10 Å². The van der Waals surface area contributed by atoms with E-state index in [4.69, 9.17) is 4.42 Å². The maximum atomic E-state index is 13.3. The van der Waals surface area contributed by atoms with Gasteiger partial charge in [-0.3, -0.25) is 19.3 Å². The second kappa shape index (κ2) is 8.66. The van der Waals surface area contributed by atoms with Crippen LogP contribution >= 0.6 is 0 Å². The van der Waals surface area contributed by atoms with Crippen LogP contribution in [0.4, 0.5) is 4.79 Å². The number of piperazine rings is 1. The summed E-state index contributed by atoms with van der Waals surface area (Å²) in [5, 5.41) is 13.8. The number of hydrogen-bond donors (Lipinski definition) is 1. The van der Waals surface area contributed by atoms with Crippen molar-refractivity contribution in [2.24, 2.45) is 0 Å². The van der Waals surface area contributed by atoms with Crippen LogP contribution in [0.5, 0.6) is 0 Å². The number of benzene rings is 1. The zero-order chi connectivity index (χ0) is 24.6. The molecule has 1 N–H and O–H groups in total. The van der Waals surface area contributed by atoms with Gasteiger partial charge in [-0.25, -0.2) is 9.48 Å². The summed E-state index contributed by atoms with van der Waals surface area (Å²) in [5.74, 6) is -0.898. The van der Waals surface area contributed by atoms with Crippen molar-refractivity contribution in [3.63, 3.8) is 0 Å². The number of amides is 5. The Balaban J connectivity index is 1.24. The first-order valence-corrected chi connectivity index (χ1v) is 11.0. The Labute approximate surface area is 199 Å². The van der Waals surface area contributed by atoms with Crippen LogP contribution in [0.1, 0.15) is 23.0 Å². The van der Waals surface area contributed by atoms with Crippen molar-refractivity contribution in [3.8, 4) is 5.69 Å². The number of rotatable bonds is 5. The minimum Gasteiger partial charge on any atom is -0.459 e. The smallest absolute Gasteiger partial charge is 0.325 e. The molecule has 180 valence electrons. The number of nitrogens with one attached hydrogen (secondary N) is 1. The fourth-order valence-corrected chi connectivity index (χ4v) is 4.23. The molecule has 1 aromatic carbocycles. The quantitative estimate of drug-likeness (QED) is 0.505. The van der Waals surface area contributed by atoms with Crippen LogP contribution < -0.4 is 5.32 Å². The SMILES string of the molecule is C[C@]1(c2cccc(-n3cnnn3)c2)NC(=O)N(CC(=O)N2CCN(C(=O)c3ccco3)CC2)C1=O. The maximum absolute atomic E-state index is 13.3. The van der Waals surface area contributed by atoms with Crippen LogP contribution in [-0.2, 0) is 15.1 Å². The molecule has 0 spiro atoms. The van der Waals surface area contributed by atoms with Gasteiger partial charge in [0.1, 0.15) is 18.4 Å². The molecule has 35 heavy (non-hydrogen) atoms. The second-order valence-corrected chi connectivity index (χ2v) is 8.40. The summed E-state index contributed by atoms with van der Waals surface area (Å²) in [6.07, 6.45) is 2.85. The van der Waals surface area contributed by atoms with Gasteiger partial charge in [0.2, 0.25) is 5.91 Å². The highest BCUT2D eigenvalue weighted by molar-refractivity contribution is 6.09. The average Bonchev–Trinajstić information content (AvgIpc) is 3.64. The van der Waals surface area contributed by atoms with Crippen molar-refractivity contribution in [2.75, 3.05) is 32.7 Å². The summed E-state index contributed by atoms with van der Waals surface area (Å²) >= 11 is 0. The molecule has 0 saturated carbocycles. The molecule has 3 aromatic rings. The van der Waals surface area contributed by atoms with Crippen molar-refractivity contribution in [2.45, 2.75) is 12.5 Å². The van der Waals surface area contributed by atoms with Crippen molar-refractivity contribution >= 4 is 23.8 Å². The van der Waals surface area contributed by atoms with Crippen LogP contribution in [0.15, 0.2) is 53.4 Å². The highest BCUT2D eigenvalue weighted by Gasteiger charge is 2.50. The molecule has 2 fully saturated rings. The third-order valence-electron chi connectivity index (χ3n) is 6.26. The lowest BCUT2D eigenvalue weighted by atomic mass is 9.91. The highest BCUT2D eigenvalue weighted by atomic mass is 16.3. The number of imide groups is 1. The number of carbonyl (C=O) groups is 4. The molecule has 1 atom stereocenters. The Morgan fingerprint density at radius 1 is 1.09 bits per heavy atom. The van der Waals surface area contributed by atoms with Crippen molar-refractivity contribution in [1.29, 1.82) is 0 Å². The molecule has 13 nitrogen and oxygen atoms in total. The molecular formula is C22H22N8O5. The molecule has 13 heteroatoms. The van der Waals surface area contributed by atoms with E-state index >= 15 is 0 Å². The van der Waals surface area contributed by atoms with Crippen LogP contribution in [0.3, 0.4) is 0 Å². The fourth-order valence-electron chi connectivity index (χ4n) is 4.23. The van der Waals surface area contributed by atoms with E-state index < -0.39 is 17.5 Å². The van der Waals surface area contributed by atoms with Gasteiger partial charge in [0, 0.05) is 26.2 Å². The van der Waals surface area contributed by atoms with E-state index in [1.54, 1.807) is 53.1 Å². The molecule has 2 saturated heterocycles. The number of aromatic nitrogens is 4. The Hall–Kier alpha value is -4.55. The first-order chi connectivity index (χ1) is 16.9. The normalized spacial score (nSPS) is 20.3. The maximum Gasteiger partial charge on any atom is 0.325 e. The molecule has 0 unspecified atom stereocenters. The zero-order valence-electron chi connectivity index (χ0n) is 18.8. The van der Waals surface area contributed by atoms with E-state index in [0.29, 0.717) is 37.4 Å². The van der Waals surface area contributed by atoms with Gasteiger partial charge in [-0.1, -0.05) is 12.1 Å². The number of hydrogen-bond acceptors (Lipinski definition) is 8. The number of tetrazole rings is 1. The predicted molar refractivity (Wildman–Crippen MR) is 118 cm³/mol. The van der Waals surface area contributed by atoms with Crippen LogP contribution in [0, 0.1) is 0 Å². The van der Waals surface area contributed by atoms with Gasteiger partial charge in [-0.2, -0.15) is 0 Å². The minimum absolute atomic E-state index is 0.240. The van der Waals surface area contributed by atoms with Gasteiger partial charge in [0.15, 0.2) is 5.76 Å². The van der Waals surface area contributed by atoms with E-state index in [1.165, 1.54) is 17.3 Å². The first-order valence-electron chi connectivity index (χ1n) is 11.0. The van der Waals surface area contributed by atoms with Crippen LogP contribution in [-0.4, -0.2) is 91.4 Å². The third kappa shape index (κ3) is 4.00. The fraction of sp³-hybridized carbons (Fsp3) is 0.318. The van der Waals surface area contributed by atoms with E-state index in [9.17, 15) is 19.2 Å². The molecule has 2 aliphatic heterocycles. The Morgan fingerprint density at radius 2 is 1.86 bits per heavy atom. The minimum atomic E-state index is -1.35. The Bertz CT molecular complexity index is 1270. The van der Waals surface area contributed by atoms with Gasteiger partial charge in [-0.05, 0) is 47.2 Å². The van der Waals surface area contributed by atoms with E-state index in [1.807, 2.05) is 0 Å². The molecule has 5 amide bonds. The summed E-state index contributed by atoms with van der Waals surface area (Å²) in [7, 11) is 0. The summed E-state index contributed by atoms with van der Waals surface area (Å²) in [4.78, 5) is 55.4. The third-order valence-corrected chi connectivity index (χ3v) is 6.26. The Kier molecular flexibility index (Phi) is 5.51. The average molecular weight is 478 g/mol. The standard InChI is InChI=1S/C22H22N8O5/c1-22(15-4-2-5-16(12-15)30-14-23-25-26-30)20(33)29(21(34)24-22)13-18(31)27-7-9-28(10-8-27)19(32)17-6-3-11-35-17/h2-6,11-12,14H,7-10,13H2,1H3,(H,24,34)/t22-/m1/s1. The summed E-state index contributed by atoms with van der Waals surface area (Å²) in [6, 6.07) is 9.50.